The number of unbranched alkanes of at least 4 members (excludes halogenated alkanes) is 2. The molecule has 21 heavy (non-hydrogen) atoms. The minimum Gasteiger partial charge on any atom is -0.450 e. The minimum atomic E-state index is -0.312. The first-order chi connectivity index (χ1) is 9.97. The molecule has 2 amide bonds. The van der Waals surface area contributed by atoms with Crippen molar-refractivity contribution in [1.29, 1.82) is 0 Å². The smallest absolute Gasteiger partial charge is 0.407 e. The summed E-state index contributed by atoms with van der Waals surface area (Å²) in [5.74, 6) is 0. The van der Waals surface area contributed by atoms with E-state index >= 15 is 0 Å². The van der Waals surface area contributed by atoms with Gasteiger partial charge in [-0.25, -0.2) is 9.59 Å². The molecule has 0 aromatic rings. The van der Waals surface area contributed by atoms with E-state index in [0.717, 1.165) is 32.2 Å². The van der Waals surface area contributed by atoms with Gasteiger partial charge in [0.15, 0.2) is 0 Å². The largest absolute Gasteiger partial charge is 0.450 e. The van der Waals surface area contributed by atoms with Crippen molar-refractivity contribution >= 4 is 12.2 Å². The third-order valence-corrected chi connectivity index (χ3v) is 2.22. The van der Waals surface area contributed by atoms with Crippen molar-refractivity contribution in [3.8, 4) is 0 Å². The van der Waals surface area contributed by atoms with Crippen molar-refractivity contribution in [2.75, 3.05) is 19.7 Å². The SMILES string of the molecule is CCCCNC(=O)OC(C)C.CCCCNC(=O)OCC. The van der Waals surface area contributed by atoms with Crippen LogP contribution in [0.15, 0.2) is 0 Å². The number of alkyl carbamates (subject to hydrolysis) is 2. The van der Waals surface area contributed by atoms with Gasteiger partial charge in [-0.2, -0.15) is 0 Å². The summed E-state index contributed by atoms with van der Waals surface area (Å²) < 4.78 is 9.49. The Kier molecular flexibility index (Phi) is 17.3. The van der Waals surface area contributed by atoms with Gasteiger partial charge < -0.3 is 20.1 Å². The summed E-state index contributed by atoms with van der Waals surface area (Å²) in [5, 5.41) is 5.28. The van der Waals surface area contributed by atoms with Crippen LogP contribution in [0.1, 0.15) is 60.3 Å². The maximum Gasteiger partial charge on any atom is 0.407 e. The number of hydrogen-bond donors (Lipinski definition) is 2. The second-order valence-electron chi connectivity index (χ2n) is 4.74. The Labute approximate surface area is 129 Å². The molecule has 0 unspecified atom stereocenters. The zero-order valence-corrected chi connectivity index (χ0v) is 14.2. The van der Waals surface area contributed by atoms with E-state index in [9.17, 15) is 9.59 Å². The summed E-state index contributed by atoms with van der Waals surface area (Å²) in [4.78, 5) is 21.4. The lowest BCUT2D eigenvalue weighted by Gasteiger charge is -2.08. The highest BCUT2D eigenvalue weighted by molar-refractivity contribution is 5.67. The lowest BCUT2D eigenvalue weighted by molar-refractivity contribution is 0.115. The second kappa shape index (κ2) is 16.6. The fraction of sp³-hybridized carbons (Fsp3) is 0.867. The first-order valence-electron chi connectivity index (χ1n) is 7.82. The molecular weight excluding hydrogens is 272 g/mol. The lowest BCUT2D eigenvalue weighted by atomic mass is 10.3. The molecule has 2 N–H and O–H groups in total. The van der Waals surface area contributed by atoms with Crippen molar-refractivity contribution in [3.63, 3.8) is 0 Å². The quantitative estimate of drug-likeness (QED) is 0.673. The molecule has 6 heteroatoms. The van der Waals surface area contributed by atoms with Crippen molar-refractivity contribution in [2.45, 2.75) is 66.4 Å². The van der Waals surface area contributed by atoms with Crippen LogP contribution in [0, 0.1) is 0 Å². The van der Waals surface area contributed by atoms with E-state index in [0.29, 0.717) is 13.2 Å². The van der Waals surface area contributed by atoms with Gasteiger partial charge in [0.1, 0.15) is 0 Å². The molecule has 0 bridgehead atoms. The molecule has 0 radical (unpaired) electrons. The van der Waals surface area contributed by atoms with Gasteiger partial charge in [-0.1, -0.05) is 26.7 Å². The standard InChI is InChI=1S/C8H17NO2.C7H15NO2/c1-4-5-6-9-8(10)11-7(2)3;1-3-5-6-8-7(9)10-4-2/h7H,4-6H2,1-3H3,(H,9,10);3-6H2,1-2H3,(H,8,9). The Balaban J connectivity index is 0. The number of nitrogens with one attached hydrogen (secondary N) is 2. The van der Waals surface area contributed by atoms with Gasteiger partial charge >= 0.3 is 12.2 Å². The van der Waals surface area contributed by atoms with Crippen LogP contribution in [-0.4, -0.2) is 38.0 Å². The normalized spacial score (nSPS) is 9.43. The monoisotopic (exact) mass is 304 g/mol. The zero-order chi connectivity index (χ0) is 16.5. The number of hydrogen-bond acceptors (Lipinski definition) is 4. The molecule has 0 spiro atoms. The summed E-state index contributed by atoms with van der Waals surface area (Å²) in [6.07, 6.45) is 3.54. The molecule has 0 fully saturated rings. The van der Waals surface area contributed by atoms with Gasteiger partial charge in [0.2, 0.25) is 0 Å². The Morgan fingerprint density at radius 3 is 1.76 bits per heavy atom. The minimum absolute atomic E-state index is 0.0309. The van der Waals surface area contributed by atoms with Crippen LogP contribution in [0.4, 0.5) is 9.59 Å². The van der Waals surface area contributed by atoms with Gasteiger partial charge in [0.25, 0.3) is 0 Å². The summed E-state index contributed by atoms with van der Waals surface area (Å²) in [6, 6.07) is 0. The lowest BCUT2D eigenvalue weighted by Crippen LogP contribution is -2.27. The molecule has 0 aromatic heterocycles. The molecule has 0 saturated carbocycles. The zero-order valence-electron chi connectivity index (χ0n) is 14.2. The fourth-order valence-electron chi connectivity index (χ4n) is 1.17. The van der Waals surface area contributed by atoms with E-state index < -0.39 is 0 Å². The first-order valence-corrected chi connectivity index (χ1v) is 7.82. The maximum atomic E-state index is 10.8. The number of carbonyl (C=O) groups excluding carboxylic acids is 2. The average molecular weight is 304 g/mol. The summed E-state index contributed by atoms with van der Waals surface area (Å²) >= 11 is 0. The van der Waals surface area contributed by atoms with Gasteiger partial charge in [0, 0.05) is 13.1 Å². The third kappa shape index (κ3) is 21.0. The van der Waals surface area contributed by atoms with E-state index in [-0.39, 0.29) is 18.3 Å². The van der Waals surface area contributed by atoms with E-state index in [4.69, 9.17) is 4.74 Å². The van der Waals surface area contributed by atoms with Crippen LogP contribution < -0.4 is 10.6 Å². The highest BCUT2D eigenvalue weighted by atomic mass is 16.6. The van der Waals surface area contributed by atoms with Crippen molar-refractivity contribution in [1.82, 2.24) is 10.6 Å². The summed E-state index contributed by atoms with van der Waals surface area (Å²) in [6.45, 7) is 11.5. The maximum absolute atomic E-state index is 10.8. The molecule has 0 saturated heterocycles. The Bertz CT molecular complexity index is 258. The van der Waals surface area contributed by atoms with Gasteiger partial charge in [-0.3, -0.25) is 0 Å². The van der Waals surface area contributed by atoms with Crippen LogP contribution in [0.25, 0.3) is 0 Å². The Morgan fingerprint density at radius 2 is 1.38 bits per heavy atom. The summed E-state index contributed by atoms with van der Waals surface area (Å²) in [5.41, 5.74) is 0. The molecule has 6 nitrogen and oxygen atoms in total. The highest BCUT2D eigenvalue weighted by Gasteiger charge is 2.01. The van der Waals surface area contributed by atoms with E-state index in [1.165, 1.54) is 0 Å². The molecule has 0 aliphatic rings. The topological polar surface area (TPSA) is 76.7 Å². The molecule has 0 atom stereocenters. The second-order valence-corrected chi connectivity index (χ2v) is 4.74. The third-order valence-electron chi connectivity index (χ3n) is 2.22. The first kappa shape index (κ1) is 21.8. The van der Waals surface area contributed by atoms with Crippen LogP contribution in [0.3, 0.4) is 0 Å². The molecule has 0 heterocycles. The van der Waals surface area contributed by atoms with E-state index in [1.807, 2.05) is 13.8 Å². The van der Waals surface area contributed by atoms with Gasteiger partial charge in [-0.15, -0.1) is 0 Å². The van der Waals surface area contributed by atoms with Crippen LogP contribution in [0.5, 0.6) is 0 Å². The molecule has 0 aliphatic heterocycles. The predicted octanol–water partition coefficient (Wildman–Crippen LogP) is 3.45. The van der Waals surface area contributed by atoms with Crippen molar-refractivity contribution < 1.29 is 19.1 Å². The van der Waals surface area contributed by atoms with Crippen molar-refractivity contribution in [3.05, 3.63) is 0 Å². The molecule has 0 rings (SSSR count). The number of carbonyl (C=O) groups is 2. The highest BCUT2D eigenvalue weighted by Crippen LogP contribution is 1.89. The van der Waals surface area contributed by atoms with Gasteiger partial charge in [-0.05, 0) is 33.6 Å². The van der Waals surface area contributed by atoms with E-state index in [2.05, 4.69) is 29.2 Å². The van der Waals surface area contributed by atoms with E-state index in [1.54, 1.807) is 6.92 Å². The number of rotatable bonds is 8. The Morgan fingerprint density at radius 1 is 0.905 bits per heavy atom. The van der Waals surface area contributed by atoms with Crippen molar-refractivity contribution in [2.24, 2.45) is 0 Å². The molecule has 0 aliphatic carbocycles. The number of ether oxygens (including phenoxy) is 2. The summed E-state index contributed by atoms with van der Waals surface area (Å²) in [7, 11) is 0. The average Bonchev–Trinajstić information content (AvgIpc) is 2.39. The van der Waals surface area contributed by atoms with Crippen LogP contribution in [0.2, 0.25) is 0 Å². The fourth-order valence-corrected chi connectivity index (χ4v) is 1.17. The molecule has 126 valence electrons. The van der Waals surface area contributed by atoms with Crippen LogP contribution >= 0.6 is 0 Å². The molecule has 0 aromatic carbocycles. The van der Waals surface area contributed by atoms with Gasteiger partial charge in [0.05, 0.1) is 12.7 Å². The van der Waals surface area contributed by atoms with Crippen LogP contribution in [-0.2, 0) is 9.47 Å². The number of amides is 2. The molecular formula is C15H32N2O4. The predicted molar refractivity (Wildman–Crippen MR) is 84.5 cm³/mol. The Hall–Kier alpha value is -1.46.